The van der Waals surface area contributed by atoms with Crippen LogP contribution in [0.3, 0.4) is 0 Å². The first-order valence-electron chi connectivity index (χ1n) is 6.82. The van der Waals surface area contributed by atoms with E-state index in [9.17, 15) is 18.0 Å². The summed E-state index contributed by atoms with van der Waals surface area (Å²) in [6, 6.07) is 4.20. The van der Waals surface area contributed by atoms with Crippen LogP contribution in [0.5, 0.6) is 0 Å². The van der Waals surface area contributed by atoms with Crippen molar-refractivity contribution in [2.45, 2.75) is 25.9 Å². The van der Waals surface area contributed by atoms with E-state index in [0.29, 0.717) is 16.3 Å². The predicted octanol–water partition coefficient (Wildman–Crippen LogP) is 3.70. The van der Waals surface area contributed by atoms with E-state index in [1.807, 2.05) is 6.92 Å². The maximum atomic E-state index is 12.8. The monoisotopic (exact) mass is 331 g/mol. The summed E-state index contributed by atoms with van der Waals surface area (Å²) in [5, 5.41) is 6.64. The zero-order valence-electron chi connectivity index (χ0n) is 12.2. The Balaban J connectivity index is 2.16. The number of hydrogen-bond donors (Lipinski definition) is 1. The first-order valence-corrected chi connectivity index (χ1v) is 7.64. The van der Waals surface area contributed by atoms with E-state index < -0.39 is 11.9 Å². The van der Waals surface area contributed by atoms with Crippen molar-refractivity contribution in [3.8, 4) is 10.6 Å². The van der Waals surface area contributed by atoms with Crippen molar-refractivity contribution in [1.82, 2.24) is 15.1 Å². The fraction of sp³-hybridized carbons (Fsp3) is 0.429. The molecule has 2 rings (SSSR count). The minimum atomic E-state index is -4.45. The van der Waals surface area contributed by atoms with Gasteiger partial charge in [-0.2, -0.15) is 18.3 Å². The fourth-order valence-corrected chi connectivity index (χ4v) is 2.79. The summed E-state index contributed by atoms with van der Waals surface area (Å²) < 4.78 is 39.1. The highest BCUT2D eigenvalue weighted by Crippen LogP contribution is 2.34. The average Bonchev–Trinajstić information content (AvgIpc) is 3.04. The van der Waals surface area contributed by atoms with Gasteiger partial charge in [0.1, 0.15) is 11.4 Å². The van der Waals surface area contributed by atoms with E-state index in [4.69, 9.17) is 0 Å². The molecule has 0 aliphatic rings. The molecule has 0 bridgehead atoms. The highest BCUT2D eigenvalue weighted by atomic mass is 32.1. The number of thiophene rings is 1. The highest BCUT2D eigenvalue weighted by molar-refractivity contribution is 7.17. The molecule has 8 heteroatoms. The normalized spacial score (nSPS) is 11.7. The minimum absolute atomic E-state index is 0.211. The zero-order chi connectivity index (χ0) is 16.3. The molecule has 2 aromatic rings. The van der Waals surface area contributed by atoms with E-state index in [-0.39, 0.29) is 11.6 Å². The molecule has 0 fully saturated rings. The molecule has 0 aliphatic carbocycles. The first kappa shape index (κ1) is 16.5. The van der Waals surface area contributed by atoms with Crippen LogP contribution in [0.2, 0.25) is 0 Å². The molecule has 0 aliphatic heterocycles. The van der Waals surface area contributed by atoms with Gasteiger partial charge in [-0.1, -0.05) is 13.3 Å². The van der Waals surface area contributed by atoms with Crippen molar-refractivity contribution >= 4 is 17.2 Å². The van der Waals surface area contributed by atoms with E-state index in [1.54, 1.807) is 12.1 Å². The number of hydrogen-bond acceptors (Lipinski definition) is 3. The van der Waals surface area contributed by atoms with E-state index in [0.717, 1.165) is 34.9 Å². The van der Waals surface area contributed by atoms with E-state index in [1.165, 1.54) is 7.05 Å². The summed E-state index contributed by atoms with van der Waals surface area (Å²) in [4.78, 5) is 12.9. The number of nitrogens with zero attached hydrogens (tertiary/aromatic N) is 2. The van der Waals surface area contributed by atoms with Crippen LogP contribution in [0.25, 0.3) is 10.6 Å². The molecule has 1 amide bonds. The number of rotatable bonds is 5. The van der Waals surface area contributed by atoms with Crippen LogP contribution in [0, 0.1) is 0 Å². The lowest BCUT2D eigenvalue weighted by atomic mass is 10.3. The Bertz CT molecular complexity index is 661. The number of carbonyl (C=O) groups is 1. The lowest BCUT2D eigenvalue weighted by Gasteiger charge is -2.04. The quantitative estimate of drug-likeness (QED) is 0.849. The van der Waals surface area contributed by atoms with Gasteiger partial charge in [0, 0.05) is 13.6 Å². The number of aromatic nitrogens is 2. The molecular formula is C14H16F3N3OS. The maximum absolute atomic E-state index is 12.8. The molecule has 0 aromatic carbocycles. The molecule has 1 N–H and O–H groups in total. The third-order valence-corrected chi connectivity index (χ3v) is 4.17. The molecule has 0 atom stereocenters. The van der Waals surface area contributed by atoms with Gasteiger partial charge >= 0.3 is 6.18 Å². The molecular weight excluding hydrogens is 315 g/mol. The number of unbranched alkanes of at least 4 members (excludes halogenated alkanes) is 1. The standard InChI is InChI=1S/C14H16F3N3OS/c1-3-4-7-18-13(21)11-6-5-10(22-11)9-8-12(14(15,16)17)20(2)19-9/h5-6,8H,3-4,7H2,1-2H3,(H,18,21). The zero-order valence-corrected chi connectivity index (χ0v) is 13.0. The van der Waals surface area contributed by atoms with Gasteiger partial charge < -0.3 is 5.32 Å². The van der Waals surface area contributed by atoms with Crippen LogP contribution in [-0.4, -0.2) is 22.2 Å². The third kappa shape index (κ3) is 3.68. The summed E-state index contributed by atoms with van der Waals surface area (Å²) in [5.41, 5.74) is -0.600. The number of alkyl halides is 3. The number of amides is 1. The molecule has 4 nitrogen and oxygen atoms in total. The Hall–Kier alpha value is -1.83. The van der Waals surface area contributed by atoms with Crippen LogP contribution in [-0.2, 0) is 13.2 Å². The Morgan fingerprint density at radius 3 is 2.73 bits per heavy atom. The summed E-state index contributed by atoms with van der Waals surface area (Å²) in [7, 11) is 1.25. The molecule has 0 saturated heterocycles. The fourth-order valence-electron chi connectivity index (χ4n) is 1.92. The van der Waals surface area contributed by atoms with Crippen molar-refractivity contribution in [1.29, 1.82) is 0 Å². The SMILES string of the molecule is CCCCNC(=O)c1ccc(-c2cc(C(F)(F)F)n(C)n2)s1. The summed E-state index contributed by atoms with van der Waals surface area (Å²) in [6.07, 6.45) is -2.58. The van der Waals surface area contributed by atoms with Gasteiger partial charge in [0.05, 0.1) is 9.75 Å². The summed E-state index contributed by atoms with van der Waals surface area (Å²) in [6.45, 7) is 2.61. The number of halogens is 3. The largest absolute Gasteiger partial charge is 0.433 e. The Labute approximate surface area is 129 Å². The second-order valence-corrected chi connectivity index (χ2v) is 5.89. The van der Waals surface area contributed by atoms with Crippen molar-refractivity contribution in [2.75, 3.05) is 6.54 Å². The molecule has 22 heavy (non-hydrogen) atoms. The van der Waals surface area contributed by atoms with Crippen LogP contribution in [0.4, 0.5) is 13.2 Å². The van der Waals surface area contributed by atoms with Crippen molar-refractivity contribution in [2.24, 2.45) is 7.05 Å². The minimum Gasteiger partial charge on any atom is -0.351 e. The van der Waals surface area contributed by atoms with Gasteiger partial charge in [-0.25, -0.2) is 0 Å². The Morgan fingerprint density at radius 1 is 1.41 bits per heavy atom. The van der Waals surface area contributed by atoms with Gasteiger partial charge in [0.2, 0.25) is 0 Å². The number of aryl methyl sites for hydroxylation is 1. The third-order valence-electron chi connectivity index (χ3n) is 3.07. The molecule has 0 radical (unpaired) electrons. The van der Waals surface area contributed by atoms with E-state index in [2.05, 4.69) is 10.4 Å². The van der Waals surface area contributed by atoms with Gasteiger partial charge in [0.25, 0.3) is 5.91 Å². The molecule has 0 spiro atoms. The molecule has 0 unspecified atom stereocenters. The molecule has 2 aromatic heterocycles. The second-order valence-electron chi connectivity index (χ2n) is 4.81. The van der Waals surface area contributed by atoms with Gasteiger partial charge in [0.15, 0.2) is 0 Å². The van der Waals surface area contributed by atoms with E-state index >= 15 is 0 Å². The predicted molar refractivity (Wildman–Crippen MR) is 78.8 cm³/mol. The summed E-state index contributed by atoms with van der Waals surface area (Å²) in [5.74, 6) is -0.211. The van der Waals surface area contributed by atoms with Crippen molar-refractivity contribution < 1.29 is 18.0 Å². The van der Waals surface area contributed by atoms with Crippen LogP contribution in [0.1, 0.15) is 35.1 Å². The van der Waals surface area contributed by atoms with Crippen molar-refractivity contribution in [3.63, 3.8) is 0 Å². The average molecular weight is 331 g/mol. The number of carbonyl (C=O) groups excluding carboxylic acids is 1. The van der Waals surface area contributed by atoms with Gasteiger partial charge in [-0.3, -0.25) is 9.48 Å². The molecule has 2 heterocycles. The maximum Gasteiger partial charge on any atom is 0.433 e. The smallest absolute Gasteiger partial charge is 0.351 e. The molecule has 120 valence electrons. The van der Waals surface area contributed by atoms with Crippen molar-refractivity contribution in [3.05, 3.63) is 28.8 Å². The first-order chi connectivity index (χ1) is 10.3. The lowest BCUT2D eigenvalue weighted by Crippen LogP contribution is -2.23. The topological polar surface area (TPSA) is 46.9 Å². The highest BCUT2D eigenvalue weighted by Gasteiger charge is 2.35. The van der Waals surface area contributed by atoms with Crippen LogP contribution >= 0.6 is 11.3 Å². The Morgan fingerprint density at radius 2 is 2.14 bits per heavy atom. The summed E-state index contributed by atoms with van der Waals surface area (Å²) >= 11 is 1.13. The number of nitrogens with one attached hydrogen (secondary N) is 1. The van der Waals surface area contributed by atoms with Gasteiger partial charge in [-0.05, 0) is 24.6 Å². The Kier molecular flexibility index (Phi) is 4.90. The van der Waals surface area contributed by atoms with Crippen LogP contribution in [0.15, 0.2) is 18.2 Å². The molecule has 0 saturated carbocycles. The van der Waals surface area contributed by atoms with Crippen LogP contribution < -0.4 is 5.32 Å². The van der Waals surface area contributed by atoms with Gasteiger partial charge in [-0.15, -0.1) is 11.3 Å². The second kappa shape index (κ2) is 6.51. The lowest BCUT2D eigenvalue weighted by molar-refractivity contribution is -0.143.